The Morgan fingerprint density at radius 2 is 0.697 bits per heavy atom. The fourth-order valence-electron chi connectivity index (χ4n) is 18.4. The van der Waals surface area contributed by atoms with E-state index >= 15 is 0 Å². The van der Waals surface area contributed by atoms with Crippen molar-refractivity contribution in [2.75, 3.05) is 170 Å². The molecule has 5 aromatic heterocycles. The Morgan fingerprint density at radius 3 is 1.12 bits per heavy atom. The second-order valence-electron chi connectivity index (χ2n) is 31.7. The quantitative estimate of drug-likeness (QED) is 0.0959. The van der Waals surface area contributed by atoms with Gasteiger partial charge in [-0.1, -0.05) is 111 Å². The molecule has 0 aliphatic carbocycles. The Balaban J connectivity index is 0.000000116. The lowest BCUT2D eigenvalue weighted by atomic mass is 10.0. The van der Waals surface area contributed by atoms with Gasteiger partial charge < -0.3 is 69.0 Å². The number of rotatable bonds is 12. The van der Waals surface area contributed by atoms with Crippen molar-refractivity contribution >= 4 is 113 Å². The number of phenolic OH excluding ortho intramolecular Hbond substituents is 2. The molecule has 13 heterocycles. The Labute approximate surface area is 708 Å². The highest BCUT2D eigenvalue weighted by molar-refractivity contribution is 5.98. The fourth-order valence-corrected chi connectivity index (χ4v) is 18.4. The lowest BCUT2D eigenvalue weighted by Gasteiger charge is -2.38. The van der Waals surface area contributed by atoms with Gasteiger partial charge in [-0.15, -0.1) is 0 Å². The average Bonchev–Trinajstić information content (AvgIpc) is 1.66. The zero-order chi connectivity index (χ0) is 83.9. The molecular formula is C94H100N22O6. The monoisotopic (exact) mass is 1630 g/mol. The van der Waals surface area contributed by atoms with Gasteiger partial charge in [0.1, 0.15) is 60.1 Å². The maximum Gasteiger partial charge on any atom is 0.246 e. The number of aryl methyl sites for hydroxylation is 1. The molecule has 8 aliphatic rings. The number of hydrogen-bond donors (Lipinski definition) is 3. The molecule has 7 aromatic carbocycles. The molecule has 0 unspecified atom stereocenters. The number of phenols is 2. The molecule has 28 heteroatoms. The van der Waals surface area contributed by atoms with Crippen molar-refractivity contribution in [3.63, 3.8) is 0 Å². The summed E-state index contributed by atoms with van der Waals surface area (Å²) in [5.41, 5.74) is 16.0. The summed E-state index contributed by atoms with van der Waals surface area (Å²) in [5.74, 6) is 4.54. The average molecular weight is 1630 g/mol. The van der Waals surface area contributed by atoms with Gasteiger partial charge in [-0.05, 0) is 115 Å². The number of aromatic nitrogens is 10. The first-order chi connectivity index (χ1) is 59.7. The summed E-state index contributed by atoms with van der Waals surface area (Å²) >= 11 is 0. The van der Waals surface area contributed by atoms with Gasteiger partial charge in [0.2, 0.25) is 23.6 Å². The third-order valence-electron chi connectivity index (χ3n) is 24.8. The first kappa shape index (κ1) is 80.4. The van der Waals surface area contributed by atoms with E-state index in [4.69, 9.17) is 0 Å². The van der Waals surface area contributed by atoms with Crippen molar-refractivity contribution in [1.82, 2.24) is 69.7 Å². The van der Waals surface area contributed by atoms with Crippen LogP contribution in [0.5, 0.6) is 11.5 Å². The normalized spacial score (nSPS) is 16.4. The highest BCUT2D eigenvalue weighted by atomic mass is 16.3. The molecule has 8 aliphatic heterocycles. The molecule has 4 amide bonds. The predicted molar refractivity (Wildman–Crippen MR) is 479 cm³/mol. The van der Waals surface area contributed by atoms with Gasteiger partial charge in [-0.2, -0.15) is 5.10 Å². The molecule has 0 radical (unpaired) electrons. The molecule has 0 saturated carbocycles. The van der Waals surface area contributed by atoms with E-state index in [1.165, 1.54) is 74.3 Å². The number of carbonyl (C=O) groups excluding carboxylic acids is 4. The highest BCUT2D eigenvalue weighted by Crippen LogP contribution is 2.41. The number of aromatic amines is 1. The Morgan fingerprint density at radius 1 is 0.336 bits per heavy atom. The molecule has 3 N–H and O–H groups in total. The van der Waals surface area contributed by atoms with Crippen molar-refractivity contribution in [2.24, 2.45) is 0 Å². The number of aromatic hydroxyl groups is 2. The van der Waals surface area contributed by atoms with Crippen LogP contribution in [0.1, 0.15) is 50.6 Å². The number of nitrogens with one attached hydrogen (secondary N) is 1. The van der Waals surface area contributed by atoms with E-state index in [2.05, 4.69) is 201 Å². The lowest BCUT2D eigenvalue weighted by molar-refractivity contribution is -0.127. The topological polar surface area (TPSA) is 279 Å². The van der Waals surface area contributed by atoms with Gasteiger partial charge in [-0.3, -0.25) is 24.3 Å². The standard InChI is InChI=1S/2C24H25N5O2.C24H25N5O.C22H25N7O/c1-2-23(31)27-10-12-28(13-11-27)24-19-8-9-29(15-21(19)25-16-26-24)22-5-3-4-17-6-7-18(30)14-20(17)22;1-2-23(31)27-9-11-28(12-10-27)24-20-7-8-29(15-21(20)25-16-26-24)22-14-18(30)13-17-5-3-4-6-19(17)22;1-2-23(30)27-12-14-28(15-13-27)24-20-10-11-29(16-21(20)25-17-26-24)22-9-5-7-18-6-3-4-8-19(18)22;1-3-20(30)27-8-10-28(11-9-27)22-16-6-7-29(13-19(16)23-14-24-22)21-15(2)4-5-18-17(21)12-25-26-18/h2-7,14,16,30H,1,8-13,15H2;2-6,13-14,16,30H,1,7-12,15H2;2-9,17H,1,10-16H2;3-5,12,14H,1,6-11,13H2,2H3,(H,25,26). The van der Waals surface area contributed by atoms with Gasteiger partial charge in [0.15, 0.2) is 0 Å². The van der Waals surface area contributed by atoms with Gasteiger partial charge in [0.25, 0.3) is 0 Å². The van der Waals surface area contributed by atoms with Crippen LogP contribution < -0.4 is 39.2 Å². The zero-order valence-corrected chi connectivity index (χ0v) is 68.9. The van der Waals surface area contributed by atoms with Crippen LogP contribution in [0.2, 0.25) is 0 Å². The van der Waals surface area contributed by atoms with Crippen LogP contribution in [0.25, 0.3) is 43.2 Å². The van der Waals surface area contributed by atoms with Crippen LogP contribution in [0.4, 0.5) is 46.0 Å². The molecule has 622 valence electrons. The number of amides is 4. The van der Waals surface area contributed by atoms with Gasteiger partial charge >= 0.3 is 0 Å². The van der Waals surface area contributed by atoms with Gasteiger partial charge in [-0.25, -0.2) is 39.9 Å². The van der Waals surface area contributed by atoms with Crippen molar-refractivity contribution in [3.05, 3.63) is 260 Å². The Kier molecular flexibility index (Phi) is 23.6. The molecule has 4 fully saturated rings. The van der Waals surface area contributed by atoms with Crippen LogP contribution in [0.3, 0.4) is 0 Å². The van der Waals surface area contributed by atoms with Crippen molar-refractivity contribution in [1.29, 1.82) is 0 Å². The van der Waals surface area contributed by atoms with E-state index in [1.54, 1.807) is 37.4 Å². The molecule has 28 nitrogen and oxygen atoms in total. The minimum Gasteiger partial charge on any atom is -0.508 e. The third kappa shape index (κ3) is 16.8. The number of hydrogen-bond acceptors (Lipinski definition) is 23. The smallest absolute Gasteiger partial charge is 0.246 e. The number of anilines is 8. The van der Waals surface area contributed by atoms with E-state index in [-0.39, 0.29) is 35.1 Å². The largest absolute Gasteiger partial charge is 0.508 e. The SMILES string of the molecule is C=CC(=O)N1CCN(c2ncnc3c2CCN(c2c(C)ccc4[nH]ncc24)C3)CC1.C=CC(=O)N1CCN(c2ncnc3c2CCN(c2cc(O)cc4ccccc24)C3)CC1.C=CC(=O)N1CCN(c2ncnc3c2CCN(c2cccc4ccc(O)cc24)C3)CC1.C=CC(=O)N1CCN(c2ncnc3c2CCN(c2cccc4ccccc24)C3)CC1. The van der Waals surface area contributed by atoms with Gasteiger partial charge in [0, 0.05) is 198 Å². The second kappa shape index (κ2) is 35.9. The number of carbonyl (C=O) groups is 4. The summed E-state index contributed by atoms with van der Waals surface area (Å²) in [6, 6.07) is 42.7. The van der Waals surface area contributed by atoms with E-state index in [0.29, 0.717) is 65.4 Å². The molecule has 0 spiro atoms. The van der Waals surface area contributed by atoms with Crippen LogP contribution >= 0.6 is 0 Å². The molecule has 122 heavy (non-hydrogen) atoms. The summed E-state index contributed by atoms with van der Waals surface area (Å²) in [6.07, 6.45) is 17.6. The molecule has 0 atom stereocenters. The summed E-state index contributed by atoms with van der Waals surface area (Å²) in [5, 5.41) is 35.5. The number of fused-ring (bicyclic) bond motifs is 8. The van der Waals surface area contributed by atoms with E-state index in [1.807, 2.05) is 62.2 Å². The number of piperazine rings is 4. The van der Waals surface area contributed by atoms with E-state index in [9.17, 15) is 29.4 Å². The number of H-pyrrole nitrogens is 1. The van der Waals surface area contributed by atoms with Crippen LogP contribution in [-0.4, -0.2) is 234 Å². The Hall–Kier alpha value is -14.1. The minimum atomic E-state index is -0.0154. The minimum absolute atomic E-state index is 0.00111. The molecule has 20 rings (SSSR count). The molecule has 12 aromatic rings. The first-order valence-electron chi connectivity index (χ1n) is 42.0. The predicted octanol–water partition coefficient (Wildman–Crippen LogP) is 10.6. The van der Waals surface area contributed by atoms with Crippen molar-refractivity contribution in [2.45, 2.75) is 58.8 Å². The van der Waals surface area contributed by atoms with Crippen molar-refractivity contribution < 1.29 is 29.4 Å². The van der Waals surface area contributed by atoms with E-state index in [0.717, 1.165) is 207 Å². The highest BCUT2D eigenvalue weighted by Gasteiger charge is 2.34. The summed E-state index contributed by atoms with van der Waals surface area (Å²) in [6.45, 7) is 34.6. The van der Waals surface area contributed by atoms with Crippen LogP contribution in [-0.2, 0) is 71.0 Å². The fraction of sp³-hybridized carbons (Fsp3) is 0.309. The second-order valence-corrected chi connectivity index (χ2v) is 31.7. The van der Waals surface area contributed by atoms with Gasteiger partial charge in [0.05, 0.1) is 66.4 Å². The van der Waals surface area contributed by atoms with Crippen LogP contribution in [0.15, 0.2) is 210 Å². The molecule has 4 saturated heterocycles. The van der Waals surface area contributed by atoms with Crippen molar-refractivity contribution in [3.8, 4) is 11.5 Å². The lowest BCUT2D eigenvalue weighted by Crippen LogP contribution is -2.49. The maximum absolute atomic E-state index is 11.9. The number of nitrogens with zero attached hydrogens (tertiary/aromatic N) is 21. The Bertz CT molecular complexity index is 5960. The third-order valence-corrected chi connectivity index (χ3v) is 24.8. The molecule has 0 bridgehead atoms. The van der Waals surface area contributed by atoms with E-state index < -0.39 is 0 Å². The zero-order valence-electron chi connectivity index (χ0n) is 68.9. The van der Waals surface area contributed by atoms with Crippen LogP contribution in [0, 0.1) is 6.92 Å². The molecular weight excluding hydrogens is 1530 g/mol. The summed E-state index contributed by atoms with van der Waals surface area (Å²) in [4.78, 5) is 110. The maximum atomic E-state index is 11.9. The summed E-state index contributed by atoms with van der Waals surface area (Å²) in [7, 11) is 0. The number of benzene rings is 7. The first-order valence-corrected chi connectivity index (χ1v) is 42.0. The summed E-state index contributed by atoms with van der Waals surface area (Å²) < 4.78 is 0.